The van der Waals surface area contributed by atoms with Crippen molar-refractivity contribution in [3.63, 3.8) is 0 Å². The van der Waals surface area contributed by atoms with Gasteiger partial charge in [-0.1, -0.05) is 6.07 Å². The molecule has 1 aromatic heterocycles. The summed E-state index contributed by atoms with van der Waals surface area (Å²) in [5.41, 5.74) is 1.72. The number of nitrogens with zero attached hydrogens (tertiary/aromatic N) is 4. The Kier molecular flexibility index (Phi) is 6.61. The van der Waals surface area contributed by atoms with Crippen LogP contribution in [0.2, 0.25) is 0 Å². The van der Waals surface area contributed by atoms with Crippen LogP contribution in [0, 0.1) is 0 Å². The number of carbonyl (C=O) groups is 2. The van der Waals surface area contributed by atoms with E-state index in [-0.39, 0.29) is 44.2 Å². The summed E-state index contributed by atoms with van der Waals surface area (Å²) in [4.78, 5) is 28.7. The number of rotatable bonds is 4. The molecule has 0 unspecified atom stereocenters. The van der Waals surface area contributed by atoms with E-state index in [1.54, 1.807) is 48.0 Å². The fraction of sp³-hybridized carbons (Fsp3) is 0.560. The second-order valence-corrected chi connectivity index (χ2v) is 10.2. The van der Waals surface area contributed by atoms with Gasteiger partial charge in [0.05, 0.1) is 35.8 Å². The van der Waals surface area contributed by atoms with Crippen molar-refractivity contribution in [2.45, 2.75) is 83.6 Å². The van der Waals surface area contributed by atoms with E-state index in [0.29, 0.717) is 17.9 Å². The first-order chi connectivity index (χ1) is 16.3. The summed E-state index contributed by atoms with van der Waals surface area (Å²) < 4.78 is 34.3. The van der Waals surface area contributed by atoms with Crippen molar-refractivity contribution in [3.05, 3.63) is 30.6 Å². The molecule has 2 amide bonds. The van der Waals surface area contributed by atoms with Gasteiger partial charge in [-0.25, -0.2) is 13.6 Å². The first-order valence-corrected chi connectivity index (χ1v) is 11.9. The van der Waals surface area contributed by atoms with E-state index in [4.69, 9.17) is 4.74 Å². The number of halogens is 2. The predicted molar refractivity (Wildman–Crippen MR) is 128 cm³/mol. The molecule has 2 heterocycles. The summed E-state index contributed by atoms with van der Waals surface area (Å²) in [6.07, 6.45) is 1.96. The van der Waals surface area contributed by atoms with E-state index in [1.165, 1.54) is 11.8 Å². The average Bonchev–Trinajstić information content (AvgIpc) is 3.20. The fourth-order valence-corrected chi connectivity index (χ4v) is 4.79. The van der Waals surface area contributed by atoms with E-state index >= 15 is 0 Å². The van der Waals surface area contributed by atoms with Crippen molar-refractivity contribution in [2.24, 2.45) is 0 Å². The largest absolute Gasteiger partial charge is 0.446 e. The topological polar surface area (TPSA) is 87.9 Å². The van der Waals surface area contributed by atoms with Gasteiger partial charge in [-0.2, -0.15) is 5.10 Å². The molecule has 0 bridgehead atoms. The monoisotopic (exact) mass is 490 g/mol. The number of ether oxygens (including phenoxy) is 1. The Labute approximate surface area is 203 Å². The lowest BCUT2D eigenvalue weighted by Crippen LogP contribution is -2.52. The van der Waals surface area contributed by atoms with Crippen molar-refractivity contribution in [3.8, 4) is 11.1 Å². The Hall–Kier alpha value is -3.01. The Morgan fingerprint density at radius 3 is 2.51 bits per heavy atom. The molecule has 35 heavy (non-hydrogen) atoms. The van der Waals surface area contributed by atoms with Crippen molar-refractivity contribution in [1.82, 2.24) is 9.78 Å². The number of hydrogen-bond acceptors (Lipinski definition) is 5. The summed E-state index contributed by atoms with van der Waals surface area (Å²) in [5.74, 6) is -2.85. The van der Waals surface area contributed by atoms with E-state index in [2.05, 4.69) is 5.10 Å². The van der Waals surface area contributed by atoms with Crippen LogP contribution in [-0.2, 0) is 16.1 Å². The summed E-state index contributed by atoms with van der Waals surface area (Å²) in [6, 6.07) is 5.16. The zero-order valence-electron chi connectivity index (χ0n) is 20.5. The quantitative estimate of drug-likeness (QED) is 0.677. The normalized spacial score (nSPS) is 20.5. The zero-order valence-corrected chi connectivity index (χ0v) is 20.5. The van der Waals surface area contributed by atoms with Gasteiger partial charge < -0.3 is 14.7 Å². The van der Waals surface area contributed by atoms with Crippen LogP contribution in [-0.4, -0.2) is 57.1 Å². The third kappa shape index (κ3) is 5.63. The van der Waals surface area contributed by atoms with Gasteiger partial charge in [-0.05, 0) is 51.3 Å². The minimum atomic E-state index is -2.71. The molecular weight excluding hydrogens is 458 g/mol. The highest BCUT2D eigenvalue weighted by atomic mass is 19.3. The minimum absolute atomic E-state index is 0.120. The minimum Gasteiger partial charge on any atom is -0.446 e. The van der Waals surface area contributed by atoms with Gasteiger partial charge in [0, 0.05) is 38.1 Å². The lowest BCUT2D eigenvalue weighted by Gasteiger charge is -2.41. The summed E-state index contributed by atoms with van der Waals surface area (Å²) in [6.45, 7) is 7.25. The molecule has 1 atom stereocenters. The van der Waals surface area contributed by atoms with Crippen LogP contribution in [0.3, 0.4) is 0 Å². The van der Waals surface area contributed by atoms with Crippen molar-refractivity contribution in [2.75, 3.05) is 16.3 Å². The smallest absolute Gasteiger partial charge is 0.414 e. The van der Waals surface area contributed by atoms with Crippen LogP contribution in [0.4, 0.5) is 25.0 Å². The number of carbonyl (C=O) groups excluding carboxylic acids is 2. The van der Waals surface area contributed by atoms with Gasteiger partial charge in [0.1, 0.15) is 6.10 Å². The second kappa shape index (κ2) is 9.22. The van der Waals surface area contributed by atoms with Gasteiger partial charge >= 0.3 is 6.09 Å². The molecule has 4 rings (SSSR count). The van der Waals surface area contributed by atoms with Crippen molar-refractivity contribution < 1.29 is 28.2 Å². The van der Waals surface area contributed by atoms with Crippen LogP contribution in [0.5, 0.6) is 0 Å². The first kappa shape index (κ1) is 25.1. The lowest BCUT2D eigenvalue weighted by molar-refractivity contribution is -0.117. The van der Waals surface area contributed by atoms with Crippen LogP contribution in [0.25, 0.3) is 11.1 Å². The van der Waals surface area contributed by atoms with Crippen LogP contribution < -0.4 is 9.80 Å². The van der Waals surface area contributed by atoms with Gasteiger partial charge in [0.25, 0.3) is 0 Å². The number of hydrogen-bond donors (Lipinski definition) is 1. The molecule has 1 aliphatic carbocycles. The molecule has 1 saturated carbocycles. The Balaban J connectivity index is 1.63. The van der Waals surface area contributed by atoms with Gasteiger partial charge in [-0.15, -0.1) is 0 Å². The highest BCUT2D eigenvalue weighted by Crippen LogP contribution is 2.40. The van der Waals surface area contributed by atoms with Gasteiger partial charge in [0.2, 0.25) is 11.8 Å². The molecule has 190 valence electrons. The lowest BCUT2D eigenvalue weighted by atomic mass is 9.94. The Morgan fingerprint density at radius 2 is 1.89 bits per heavy atom. The average molecular weight is 491 g/mol. The molecule has 10 heteroatoms. The molecule has 0 radical (unpaired) electrons. The molecule has 1 aromatic carbocycles. The maximum Gasteiger partial charge on any atom is 0.414 e. The molecule has 1 aliphatic heterocycles. The molecule has 0 saturated heterocycles. The summed E-state index contributed by atoms with van der Waals surface area (Å²) in [5, 5.41) is 14.4. The molecule has 0 spiro atoms. The molecule has 1 N–H and O–H groups in total. The van der Waals surface area contributed by atoms with Crippen molar-refractivity contribution >= 4 is 23.4 Å². The van der Waals surface area contributed by atoms with Crippen LogP contribution in [0.15, 0.2) is 30.6 Å². The highest BCUT2D eigenvalue weighted by molar-refractivity contribution is 6.03. The molecule has 2 aliphatic rings. The highest BCUT2D eigenvalue weighted by Gasteiger charge is 2.39. The maximum atomic E-state index is 13.5. The number of benzene rings is 1. The molecule has 2 aromatic rings. The first-order valence-electron chi connectivity index (χ1n) is 11.9. The van der Waals surface area contributed by atoms with Crippen molar-refractivity contribution in [1.29, 1.82) is 0 Å². The van der Waals surface area contributed by atoms with Gasteiger partial charge in [0.15, 0.2) is 0 Å². The SMILES string of the molecule is CC(=O)N1c2ccc(-c3cnn(CC(C)(C)O)c3)cc2N(C(=O)OC2CCC(F)(F)CC2)C[C@@H]1C. The molecule has 1 fully saturated rings. The maximum absolute atomic E-state index is 13.5. The number of alkyl halides is 2. The Bertz CT molecular complexity index is 1100. The van der Waals surface area contributed by atoms with Crippen LogP contribution in [0.1, 0.15) is 53.4 Å². The number of aromatic nitrogens is 2. The number of fused-ring (bicyclic) bond motifs is 1. The number of anilines is 2. The van der Waals surface area contributed by atoms with E-state index in [9.17, 15) is 23.5 Å². The third-order valence-corrected chi connectivity index (χ3v) is 6.42. The molecular formula is C25H32F2N4O4. The summed E-state index contributed by atoms with van der Waals surface area (Å²) in [7, 11) is 0. The number of aliphatic hydroxyl groups is 1. The third-order valence-electron chi connectivity index (χ3n) is 6.42. The predicted octanol–water partition coefficient (Wildman–Crippen LogP) is 4.60. The van der Waals surface area contributed by atoms with Gasteiger partial charge in [-0.3, -0.25) is 14.4 Å². The standard InChI is InChI=1S/C25H32F2N4O4/c1-16-13-30(23(33)35-20-7-9-25(26,27)10-8-20)22-11-18(5-6-21(22)31(16)17(2)32)19-12-28-29(14-19)15-24(3,4)34/h5-6,11-12,14,16,20,34H,7-10,13,15H2,1-4H3/t16-/m0/s1. The van der Waals surface area contributed by atoms with E-state index < -0.39 is 23.7 Å². The van der Waals surface area contributed by atoms with E-state index in [1.807, 2.05) is 13.0 Å². The van der Waals surface area contributed by atoms with E-state index in [0.717, 1.165) is 11.1 Å². The summed E-state index contributed by atoms with van der Waals surface area (Å²) >= 11 is 0. The molecule has 8 nitrogen and oxygen atoms in total. The second-order valence-electron chi connectivity index (χ2n) is 10.2. The zero-order chi connectivity index (χ0) is 25.5. The number of amides is 2. The van der Waals surface area contributed by atoms with Crippen LogP contribution >= 0.6 is 0 Å². The fourth-order valence-electron chi connectivity index (χ4n) is 4.79. The Morgan fingerprint density at radius 1 is 1.20 bits per heavy atom.